The summed E-state index contributed by atoms with van der Waals surface area (Å²) in [5.41, 5.74) is 1.06. The number of piperidine rings is 2. The van der Waals surface area contributed by atoms with Crippen molar-refractivity contribution < 1.29 is 4.79 Å². The van der Waals surface area contributed by atoms with Crippen LogP contribution in [-0.2, 0) is 11.3 Å². The summed E-state index contributed by atoms with van der Waals surface area (Å²) in [7, 11) is 0. The van der Waals surface area contributed by atoms with E-state index in [9.17, 15) is 4.79 Å². The van der Waals surface area contributed by atoms with E-state index in [0.29, 0.717) is 18.1 Å². The summed E-state index contributed by atoms with van der Waals surface area (Å²) >= 11 is 1.85. The topological polar surface area (TPSA) is 32.3 Å². The Hall–Kier alpha value is -1.91. The molecule has 2 fully saturated rings. The maximum atomic E-state index is 12.3. The highest BCUT2D eigenvalue weighted by Gasteiger charge is 2.38. The molecule has 3 heterocycles. The quantitative estimate of drug-likeness (QED) is 0.792. The molecule has 4 heteroatoms. The van der Waals surface area contributed by atoms with Crippen LogP contribution in [0.25, 0.3) is 6.08 Å². The molecule has 2 aromatic rings. The molecule has 0 saturated carbocycles. The number of amides is 1. The van der Waals surface area contributed by atoms with Gasteiger partial charge in [0, 0.05) is 35.6 Å². The van der Waals surface area contributed by atoms with Gasteiger partial charge in [0.2, 0.25) is 5.91 Å². The molecule has 1 N–H and O–H groups in total. The van der Waals surface area contributed by atoms with Crippen LogP contribution in [0.5, 0.6) is 0 Å². The van der Waals surface area contributed by atoms with Crippen molar-refractivity contribution in [3.63, 3.8) is 0 Å². The molecule has 2 saturated heterocycles. The minimum absolute atomic E-state index is 0.0311. The number of nitrogens with zero attached hydrogens (tertiary/aromatic N) is 1. The first kappa shape index (κ1) is 17.5. The smallest absolute Gasteiger partial charge is 0.244 e. The van der Waals surface area contributed by atoms with Crippen LogP contribution >= 0.6 is 11.3 Å². The van der Waals surface area contributed by atoms with E-state index >= 15 is 0 Å². The van der Waals surface area contributed by atoms with Crippen LogP contribution in [0.15, 0.2) is 53.9 Å². The monoisotopic (exact) mass is 366 g/mol. The third-order valence-electron chi connectivity index (χ3n) is 5.62. The molecular weight excluding hydrogens is 340 g/mol. The fraction of sp³-hybridized carbons (Fsp3) is 0.409. The number of nitrogens with one attached hydrogen (secondary N) is 1. The molecule has 1 aromatic carbocycles. The summed E-state index contributed by atoms with van der Waals surface area (Å²) in [5.74, 6) is 0.0311. The van der Waals surface area contributed by atoms with Crippen molar-refractivity contribution in [3.05, 3.63) is 64.4 Å². The molecule has 26 heavy (non-hydrogen) atoms. The van der Waals surface area contributed by atoms with Gasteiger partial charge < -0.3 is 5.32 Å². The summed E-state index contributed by atoms with van der Waals surface area (Å²) in [5, 5.41) is 5.41. The molecule has 2 aliphatic rings. The molecule has 4 rings (SSSR count). The maximum Gasteiger partial charge on any atom is 0.244 e. The van der Waals surface area contributed by atoms with E-state index in [1.165, 1.54) is 24.1 Å². The normalized spacial score (nSPS) is 26.1. The lowest BCUT2D eigenvalue weighted by Crippen LogP contribution is -2.56. The highest BCUT2D eigenvalue weighted by atomic mass is 32.1. The summed E-state index contributed by atoms with van der Waals surface area (Å²) in [4.78, 5) is 16.5. The Morgan fingerprint density at radius 1 is 1.12 bits per heavy atom. The Morgan fingerprint density at radius 2 is 1.88 bits per heavy atom. The first-order chi connectivity index (χ1) is 12.8. The van der Waals surface area contributed by atoms with Gasteiger partial charge in [0.15, 0.2) is 0 Å². The van der Waals surface area contributed by atoms with Gasteiger partial charge in [0.1, 0.15) is 0 Å². The molecule has 1 aromatic heterocycles. The van der Waals surface area contributed by atoms with E-state index < -0.39 is 0 Å². The highest BCUT2D eigenvalue weighted by molar-refractivity contribution is 7.09. The largest absolute Gasteiger partial charge is 0.350 e. The Labute approximate surface area is 159 Å². The number of hydrogen-bond acceptors (Lipinski definition) is 3. The van der Waals surface area contributed by atoms with Crippen molar-refractivity contribution in [1.82, 2.24) is 10.2 Å². The molecule has 0 spiro atoms. The second-order valence-electron chi connectivity index (χ2n) is 7.41. The van der Waals surface area contributed by atoms with E-state index in [2.05, 4.69) is 27.7 Å². The predicted molar refractivity (Wildman–Crippen MR) is 108 cm³/mol. The number of fused-ring (bicyclic) bond motifs is 2. The standard InChI is InChI=1S/C22H26N2OS/c25-22(12-11-17-6-2-1-3-7-17)23-18-14-19-8-4-9-20(15-18)24(19)16-21-10-5-13-26-21/h1-3,5-7,10-13,18-20H,4,8-9,14-16H2,(H,23,25)/b12-11+. The Balaban J connectivity index is 1.35. The van der Waals surface area contributed by atoms with Crippen molar-refractivity contribution in [2.75, 3.05) is 0 Å². The summed E-state index contributed by atoms with van der Waals surface area (Å²) < 4.78 is 0. The average Bonchev–Trinajstić information content (AvgIpc) is 3.15. The van der Waals surface area contributed by atoms with Crippen LogP contribution in [0.2, 0.25) is 0 Å². The fourth-order valence-electron chi connectivity index (χ4n) is 4.42. The second-order valence-corrected chi connectivity index (χ2v) is 8.44. The molecular formula is C22H26N2OS. The molecule has 3 nitrogen and oxygen atoms in total. The van der Waals surface area contributed by atoms with Crippen LogP contribution in [0.1, 0.15) is 42.5 Å². The lowest BCUT2D eigenvalue weighted by molar-refractivity contribution is -0.118. The zero-order valence-corrected chi connectivity index (χ0v) is 15.8. The minimum atomic E-state index is 0.0311. The molecule has 1 amide bonds. The van der Waals surface area contributed by atoms with Crippen LogP contribution < -0.4 is 5.32 Å². The lowest BCUT2D eigenvalue weighted by Gasteiger charge is -2.48. The number of benzene rings is 1. The number of rotatable bonds is 5. The zero-order valence-electron chi connectivity index (χ0n) is 15.0. The van der Waals surface area contributed by atoms with Gasteiger partial charge in [-0.15, -0.1) is 11.3 Å². The van der Waals surface area contributed by atoms with Crippen LogP contribution in [-0.4, -0.2) is 28.9 Å². The molecule has 0 aliphatic carbocycles. The summed E-state index contributed by atoms with van der Waals surface area (Å²) in [6, 6.07) is 15.9. The molecule has 2 unspecified atom stereocenters. The van der Waals surface area contributed by atoms with Crippen molar-refractivity contribution >= 4 is 23.3 Å². The first-order valence-corrected chi connectivity index (χ1v) is 10.5. The van der Waals surface area contributed by atoms with Crippen molar-refractivity contribution in [2.45, 2.75) is 56.8 Å². The van der Waals surface area contributed by atoms with Gasteiger partial charge in [-0.1, -0.05) is 42.8 Å². The minimum Gasteiger partial charge on any atom is -0.350 e. The van der Waals surface area contributed by atoms with E-state index in [4.69, 9.17) is 0 Å². The van der Waals surface area contributed by atoms with Gasteiger partial charge >= 0.3 is 0 Å². The van der Waals surface area contributed by atoms with Gasteiger partial charge in [-0.2, -0.15) is 0 Å². The van der Waals surface area contributed by atoms with Gasteiger partial charge in [0.25, 0.3) is 0 Å². The molecule has 2 aliphatic heterocycles. The highest BCUT2D eigenvalue weighted by Crippen LogP contribution is 2.35. The number of thiophene rings is 1. The molecule has 136 valence electrons. The first-order valence-electron chi connectivity index (χ1n) is 9.60. The Kier molecular flexibility index (Phi) is 5.51. The number of hydrogen-bond donors (Lipinski definition) is 1. The predicted octanol–water partition coefficient (Wildman–Crippen LogP) is 4.46. The van der Waals surface area contributed by atoms with Gasteiger partial charge in [0.05, 0.1) is 0 Å². The average molecular weight is 367 g/mol. The third kappa shape index (κ3) is 4.25. The van der Waals surface area contributed by atoms with Gasteiger partial charge in [-0.3, -0.25) is 9.69 Å². The Bertz CT molecular complexity index is 727. The van der Waals surface area contributed by atoms with Crippen molar-refractivity contribution in [2.24, 2.45) is 0 Å². The Morgan fingerprint density at radius 3 is 2.58 bits per heavy atom. The molecule has 2 bridgehead atoms. The lowest BCUT2D eigenvalue weighted by atomic mass is 9.81. The summed E-state index contributed by atoms with van der Waals surface area (Å²) in [6.45, 7) is 1.07. The zero-order chi connectivity index (χ0) is 17.8. The third-order valence-corrected chi connectivity index (χ3v) is 6.48. The van der Waals surface area contributed by atoms with E-state index in [1.807, 2.05) is 47.7 Å². The van der Waals surface area contributed by atoms with Gasteiger partial charge in [-0.25, -0.2) is 0 Å². The van der Waals surface area contributed by atoms with E-state index in [-0.39, 0.29) is 5.91 Å². The SMILES string of the molecule is O=C(/C=C/c1ccccc1)NC1CC2CCCC(C1)N2Cc1cccs1. The van der Waals surface area contributed by atoms with E-state index in [1.54, 1.807) is 6.08 Å². The van der Waals surface area contributed by atoms with Gasteiger partial charge in [-0.05, 0) is 48.8 Å². The van der Waals surface area contributed by atoms with E-state index in [0.717, 1.165) is 24.9 Å². The number of carbonyl (C=O) groups is 1. The maximum absolute atomic E-state index is 12.3. The van der Waals surface area contributed by atoms with Crippen LogP contribution in [0.3, 0.4) is 0 Å². The molecule has 2 atom stereocenters. The second kappa shape index (κ2) is 8.19. The van der Waals surface area contributed by atoms with Crippen molar-refractivity contribution in [1.29, 1.82) is 0 Å². The summed E-state index contributed by atoms with van der Waals surface area (Å²) in [6.07, 6.45) is 9.55. The van der Waals surface area contributed by atoms with Crippen molar-refractivity contribution in [3.8, 4) is 0 Å². The number of carbonyl (C=O) groups excluding carboxylic acids is 1. The van der Waals surface area contributed by atoms with Crippen LogP contribution in [0, 0.1) is 0 Å². The van der Waals surface area contributed by atoms with Crippen LogP contribution in [0.4, 0.5) is 0 Å². The molecule has 0 radical (unpaired) electrons. The fourth-order valence-corrected chi connectivity index (χ4v) is 5.14.